The fraction of sp³-hybridized carbons (Fsp3) is 0.167. The third-order valence-electron chi connectivity index (χ3n) is 4.35. The van der Waals surface area contributed by atoms with Gasteiger partial charge in [-0.3, -0.25) is 4.99 Å². The first-order valence-corrected chi connectivity index (χ1v) is 9.11. The number of hydrogen-bond acceptors (Lipinski definition) is 3. The van der Waals surface area contributed by atoms with Crippen LogP contribution < -0.4 is 0 Å². The minimum absolute atomic E-state index is 0.322. The van der Waals surface area contributed by atoms with Gasteiger partial charge in [0.2, 0.25) is 0 Å². The molecule has 0 fully saturated rings. The molecule has 0 aliphatic carbocycles. The Morgan fingerprint density at radius 2 is 1.37 bits per heavy atom. The van der Waals surface area contributed by atoms with E-state index in [1.807, 2.05) is 98.8 Å². The van der Waals surface area contributed by atoms with Crippen LogP contribution in [0.1, 0.15) is 35.2 Å². The summed E-state index contributed by atoms with van der Waals surface area (Å²) in [6.45, 7) is 4.12. The van der Waals surface area contributed by atoms with Gasteiger partial charge in [0.05, 0.1) is 12.3 Å². The number of carbonyl (C=O) groups excluding carboxylic acids is 1. The van der Waals surface area contributed by atoms with E-state index in [1.165, 1.54) is 0 Å². The topological polar surface area (TPSA) is 38.7 Å². The average molecular weight is 357 g/mol. The van der Waals surface area contributed by atoms with Crippen LogP contribution in [0.25, 0.3) is 0 Å². The van der Waals surface area contributed by atoms with Crippen LogP contribution in [-0.4, -0.2) is 18.3 Å². The van der Waals surface area contributed by atoms with Gasteiger partial charge in [0.15, 0.2) is 6.04 Å². The first-order valence-electron chi connectivity index (χ1n) is 9.11. The largest absolute Gasteiger partial charge is 0.464 e. The van der Waals surface area contributed by atoms with Crippen LogP contribution >= 0.6 is 0 Å². The summed E-state index contributed by atoms with van der Waals surface area (Å²) in [5.41, 5.74) is 4.58. The van der Waals surface area contributed by atoms with Crippen molar-refractivity contribution in [2.75, 3.05) is 6.61 Å². The van der Waals surface area contributed by atoms with Crippen molar-refractivity contribution >= 4 is 11.7 Å². The number of rotatable bonds is 6. The zero-order chi connectivity index (χ0) is 19.1. The van der Waals surface area contributed by atoms with Crippen LogP contribution in [0.5, 0.6) is 0 Å². The van der Waals surface area contributed by atoms with E-state index in [4.69, 9.17) is 9.73 Å². The van der Waals surface area contributed by atoms with Crippen LogP contribution in [0.4, 0.5) is 0 Å². The van der Waals surface area contributed by atoms with Crippen LogP contribution in [0.2, 0.25) is 0 Å². The summed E-state index contributed by atoms with van der Waals surface area (Å²) in [4.78, 5) is 17.7. The van der Waals surface area contributed by atoms with Crippen molar-refractivity contribution in [3.8, 4) is 0 Å². The van der Waals surface area contributed by atoms with Gasteiger partial charge in [-0.05, 0) is 25.0 Å². The van der Waals surface area contributed by atoms with Gasteiger partial charge in [-0.25, -0.2) is 4.79 Å². The van der Waals surface area contributed by atoms with E-state index in [9.17, 15) is 4.79 Å². The van der Waals surface area contributed by atoms with E-state index in [0.29, 0.717) is 6.61 Å². The molecule has 3 aromatic rings. The van der Waals surface area contributed by atoms with Gasteiger partial charge in [-0.1, -0.05) is 84.9 Å². The minimum Gasteiger partial charge on any atom is -0.464 e. The standard InChI is InChI=1S/C24H23NO2/c1-3-27-24(26)23(21-17-11-10-12-18(21)2)25-22(19-13-6-4-7-14-19)20-15-8-5-9-16-20/h4-17,23H,3H2,1-2H3. The average Bonchev–Trinajstić information content (AvgIpc) is 2.71. The smallest absolute Gasteiger partial charge is 0.335 e. The second-order valence-corrected chi connectivity index (χ2v) is 6.22. The van der Waals surface area contributed by atoms with Crippen molar-refractivity contribution in [1.29, 1.82) is 0 Å². The molecular weight excluding hydrogens is 334 g/mol. The van der Waals surface area contributed by atoms with Gasteiger partial charge in [0.25, 0.3) is 0 Å². The molecule has 3 nitrogen and oxygen atoms in total. The molecule has 3 aromatic carbocycles. The van der Waals surface area contributed by atoms with Gasteiger partial charge >= 0.3 is 5.97 Å². The maximum atomic E-state index is 12.8. The van der Waals surface area contributed by atoms with Gasteiger partial charge in [0, 0.05) is 11.1 Å². The van der Waals surface area contributed by atoms with Crippen LogP contribution in [0, 0.1) is 6.92 Å². The first kappa shape index (κ1) is 18.6. The van der Waals surface area contributed by atoms with E-state index in [2.05, 4.69) is 0 Å². The molecule has 3 rings (SSSR count). The number of ether oxygens (including phenoxy) is 1. The van der Waals surface area contributed by atoms with E-state index in [1.54, 1.807) is 0 Å². The lowest BCUT2D eigenvalue weighted by molar-refractivity contribution is -0.144. The molecule has 0 heterocycles. The predicted octanol–water partition coefficient (Wildman–Crippen LogP) is 5.14. The summed E-state index contributed by atoms with van der Waals surface area (Å²) < 4.78 is 5.34. The molecular formula is C24H23NO2. The van der Waals surface area contributed by atoms with Gasteiger partial charge in [0.1, 0.15) is 0 Å². The Morgan fingerprint density at radius 1 is 0.852 bits per heavy atom. The van der Waals surface area contributed by atoms with Gasteiger partial charge in [-0.15, -0.1) is 0 Å². The van der Waals surface area contributed by atoms with Crippen molar-refractivity contribution in [2.45, 2.75) is 19.9 Å². The van der Waals surface area contributed by atoms with Gasteiger partial charge < -0.3 is 4.74 Å². The molecule has 0 spiro atoms. The molecule has 1 atom stereocenters. The van der Waals surface area contributed by atoms with E-state index < -0.39 is 6.04 Å². The van der Waals surface area contributed by atoms with Gasteiger partial charge in [-0.2, -0.15) is 0 Å². The van der Waals surface area contributed by atoms with Crippen LogP contribution in [0.3, 0.4) is 0 Å². The molecule has 136 valence electrons. The second kappa shape index (κ2) is 8.95. The maximum absolute atomic E-state index is 12.8. The molecule has 0 bridgehead atoms. The lowest BCUT2D eigenvalue weighted by Gasteiger charge is -2.17. The molecule has 3 heteroatoms. The molecule has 0 aromatic heterocycles. The van der Waals surface area contributed by atoms with E-state index >= 15 is 0 Å². The normalized spacial score (nSPS) is 11.5. The summed E-state index contributed by atoms with van der Waals surface area (Å²) in [6.07, 6.45) is 0. The summed E-state index contributed by atoms with van der Waals surface area (Å²) in [7, 11) is 0. The van der Waals surface area contributed by atoms with Crippen molar-refractivity contribution < 1.29 is 9.53 Å². The Bertz CT molecular complexity index is 876. The number of benzene rings is 3. The highest BCUT2D eigenvalue weighted by atomic mass is 16.5. The molecule has 0 saturated carbocycles. The summed E-state index contributed by atoms with van der Waals surface area (Å²) in [5, 5.41) is 0. The summed E-state index contributed by atoms with van der Waals surface area (Å²) in [5.74, 6) is -0.337. The number of aryl methyl sites for hydroxylation is 1. The molecule has 0 aliphatic heterocycles. The Labute approximate surface area is 160 Å². The molecule has 0 saturated heterocycles. The Hall–Kier alpha value is -3.20. The van der Waals surface area contributed by atoms with E-state index in [0.717, 1.165) is 28.0 Å². The minimum atomic E-state index is -0.707. The van der Waals surface area contributed by atoms with Crippen LogP contribution in [-0.2, 0) is 9.53 Å². The van der Waals surface area contributed by atoms with Crippen molar-refractivity contribution in [1.82, 2.24) is 0 Å². The Kier molecular flexibility index (Phi) is 6.16. The molecule has 0 aliphatic rings. The molecule has 1 unspecified atom stereocenters. The number of carbonyl (C=O) groups is 1. The Morgan fingerprint density at radius 3 is 1.89 bits per heavy atom. The zero-order valence-corrected chi connectivity index (χ0v) is 15.6. The lowest BCUT2D eigenvalue weighted by atomic mass is 9.99. The first-order chi connectivity index (χ1) is 13.2. The highest BCUT2D eigenvalue weighted by Crippen LogP contribution is 2.25. The summed E-state index contributed by atoms with van der Waals surface area (Å²) in [6, 6.07) is 27.0. The van der Waals surface area contributed by atoms with E-state index in [-0.39, 0.29) is 5.97 Å². The van der Waals surface area contributed by atoms with Crippen molar-refractivity contribution in [2.24, 2.45) is 4.99 Å². The Balaban J connectivity index is 2.17. The number of nitrogens with zero attached hydrogens (tertiary/aromatic N) is 1. The second-order valence-electron chi connectivity index (χ2n) is 6.22. The SMILES string of the molecule is CCOC(=O)C(N=C(c1ccccc1)c1ccccc1)c1ccccc1C. The quantitative estimate of drug-likeness (QED) is 0.453. The fourth-order valence-corrected chi connectivity index (χ4v) is 3.00. The van der Waals surface area contributed by atoms with Crippen LogP contribution in [0.15, 0.2) is 89.9 Å². The van der Waals surface area contributed by atoms with Crippen molar-refractivity contribution in [3.05, 3.63) is 107 Å². The fourth-order valence-electron chi connectivity index (χ4n) is 3.00. The summed E-state index contributed by atoms with van der Waals surface area (Å²) >= 11 is 0. The number of esters is 1. The molecule has 0 N–H and O–H groups in total. The monoisotopic (exact) mass is 357 g/mol. The zero-order valence-electron chi connectivity index (χ0n) is 15.6. The lowest BCUT2D eigenvalue weighted by Crippen LogP contribution is -2.18. The number of hydrogen-bond donors (Lipinski definition) is 0. The highest BCUT2D eigenvalue weighted by molar-refractivity contribution is 6.13. The molecule has 0 radical (unpaired) electrons. The number of aliphatic imine (C=N–C) groups is 1. The highest BCUT2D eigenvalue weighted by Gasteiger charge is 2.24. The predicted molar refractivity (Wildman–Crippen MR) is 109 cm³/mol. The third-order valence-corrected chi connectivity index (χ3v) is 4.35. The maximum Gasteiger partial charge on any atom is 0.335 e. The molecule has 27 heavy (non-hydrogen) atoms. The third kappa shape index (κ3) is 4.50. The van der Waals surface area contributed by atoms with Crippen molar-refractivity contribution in [3.63, 3.8) is 0 Å². The molecule has 0 amide bonds.